The molecule has 1 aliphatic rings. The zero-order valence-corrected chi connectivity index (χ0v) is 21.0. The number of hydrogen-bond acceptors (Lipinski definition) is 3. The average molecular weight is 536 g/mol. The van der Waals surface area contributed by atoms with Crippen LogP contribution in [0.15, 0.2) is 53.5 Å². The van der Waals surface area contributed by atoms with E-state index >= 15 is 0 Å². The molecule has 1 heterocycles. The van der Waals surface area contributed by atoms with Crippen LogP contribution in [0.25, 0.3) is 0 Å². The van der Waals surface area contributed by atoms with Gasteiger partial charge in [-0.1, -0.05) is 42.5 Å². The molecule has 0 aromatic heterocycles. The number of hydrogen-bond donors (Lipinski definition) is 1. The number of carbonyl (C=O) groups excluding carboxylic acids is 1. The van der Waals surface area contributed by atoms with Crippen molar-refractivity contribution >= 4 is 35.8 Å². The van der Waals surface area contributed by atoms with Crippen LogP contribution in [0.3, 0.4) is 0 Å². The van der Waals surface area contributed by atoms with E-state index in [4.69, 9.17) is 9.73 Å². The van der Waals surface area contributed by atoms with Gasteiger partial charge >= 0.3 is 0 Å². The number of carbonyl (C=O) groups is 1. The summed E-state index contributed by atoms with van der Waals surface area (Å²) in [5.74, 6) is 1.91. The first-order chi connectivity index (χ1) is 14.6. The first-order valence-electron chi connectivity index (χ1n) is 10.6. The molecule has 0 aliphatic carbocycles. The van der Waals surface area contributed by atoms with Gasteiger partial charge in [0.15, 0.2) is 5.96 Å². The van der Waals surface area contributed by atoms with Crippen molar-refractivity contribution in [2.75, 3.05) is 27.2 Å². The van der Waals surface area contributed by atoms with Crippen molar-refractivity contribution in [3.8, 4) is 5.75 Å². The second-order valence-corrected chi connectivity index (χ2v) is 7.53. The Bertz CT molecular complexity index is 862. The Labute approximate surface area is 202 Å². The van der Waals surface area contributed by atoms with Gasteiger partial charge in [0.1, 0.15) is 5.75 Å². The quantitative estimate of drug-likeness (QED) is 0.240. The highest BCUT2D eigenvalue weighted by atomic mass is 127. The highest BCUT2D eigenvalue weighted by Gasteiger charge is 2.22. The number of benzene rings is 2. The van der Waals surface area contributed by atoms with Crippen molar-refractivity contribution < 1.29 is 9.53 Å². The molecule has 0 spiro atoms. The molecule has 0 saturated carbocycles. The fourth-order valence-electron chi connectivity index (χ4n) is 3.72. The summed E-state index contributed by atoms with van der Waals surface area (Å²) >= 11 is 0. The van der Waals surface area contributed by atoms with Crippen LogP contribution in [0.1, 0.15) is 36.5 Å². The number of fused-ring (bicyclic) bond motifs is 1. The van der Waals surface area contributed by atoms with Gasteiger partial charge in [0, 0.05) is 51.8 Å². The molecule has 168 valence electrons. The smallest absolute Gasteiger partial charge is 0.223 e. The molecule has 1 aliphatic heterocycles. The minimum Gasteiger partial charge on any atom is -0.496 e. The zero-order chi connectivity index (χ0) is 21.3. The normalized spacial score (nSPS) is 12.7. The minimum absolute atomic E-state index is 0. The Morgan fingerprint density at radius 3 is 2.42 bits per heavy atom. The molecular weight excluding hydrogens is 503 g/mol. The van der Waals surface area contributed by atoms with Gasteiger partial charge in [-0.15, -0.1) is 24.0 Å². The van der Waals surface area contributed by atoms with Crippen LogP contribution in [0.5, 0.6) is 5.75 Å². The molecule has 31 heavy (non-hydrogen) atoms. The predicted molar refractivity (Wildman–Crippen MR) is 136 cm³/mol. The molecular formula is C24H33IN4O2. The molecule has 7 heteroatoms. The van der Waals surface area contributed by atoms with Gasteiger partial charge in [-0.05, 0) is 30.5 Å². The second kappa shape index (κ2) is 12.5. The summed E-state index contributed by atoms with van der Waals surface area (Å²) in [4.78, 5) is 21.3. The first-order valence-corrected chi connectivity index (χ1v) is 10.6. The van der Waals surface area contributed by atoms with E-state index in [1.165, 1.54) is 11.1 Å². The summed E-state index contributed by atoms with van der Waals surface area (Å²) in [6.07, 6.45) is 1.26. The van der Waals surface area contributed by atoms with Crippen LogP contribution >= 0.6 is 24.0 Å². The number of rotatable bonds is 8. The molecule has 2 aromatic carbocycles. The largest absolute Gasteiger partial charge is 0.496 e. The predicted octanol–water partition coefficient (Wildman–Crippen LogP) is 4.03. The second-order valence-electron chi connectivity index (χ2n) is 7.53. The highest BCUT2D eigenvalue weighted by molar-refractivity contribution is 14.0. The van der Waals surface area contributed by atoms with Gasteiger partial charge in [0.25, 0.3) is 0 Å². The van der Waals surface area contributed by atoms with Crippen LogP contribution in [-0.4, -0.2) is 48.9 Å². The van der Waals surface area contributed by atoms with Crippen LogP contribution < -0.4 is 10.1 Å². The monoisotopic (exact) mass is 536 g/mol. The van der Waals surface area contributed by atoms with E-state index in [1.807, 2.05) is 42.3 Å². The summed E-state index contributed by atoms with van der Waals surface area (Å²) in [5.41, 5.74) is 3.63. The number of para-hydroxylation sites is 1. The van der Waals surface area contributed by atoms with E-state index in [0.29, 0.717) is 19.5 Å². The average Bonchev–Trinajstić information content (AvgIpc) is 3.20. The summed E-state index contributed by atoms with van der Waals surface area (Å²) in [6.45, 7) is 5.61. The molecule has 0 unspecified atom stereocenters. The van der Waals surface area contributed by atoms with Crippen molar-refractivity contribution in [3.63, 3.8) is 0 Å². The van der Waals surface area contributed by atoms with Crippen LogP contribution in [0.2, 0.25) is 0 Å². The van der Waals surface area contributed by atoms with E-state index < -0.39 is 0 Å². The third-order valence-electron chi connectivity index (χ3n) is 5.30. The van der Waals surface area contributed by atoms with Gasteiger partial charge in [-0.25, -0.2) is 0 Å². The summed E-state index contributed by atoms with van der Waals surface area (Å²) in [5, 5.41) is 3.33. The Morgan fingerprint density at radius 2 is 1.77 bits per heavy atom. The third-order valence-corrected chi connectivity index (χ3v) is 5.30. The molecule has 3 rings (SSSR count). The van der Waals surface area contributed by atoms with Gasteiger partial charge in [0.2, 0.25) is 5.91 Å². The molecule has 1 N–H and O–H groups in total. The molecule has 0 bridgehead atoms. The molecule has 1 amide bonds. The number of nitrogens with one attached hydrogen (secondary N) is 1. The van der Waals surface area contributed by atoms with Crippen LogP contribution in [0.4, 0.5) is 0 Å². The topological polar surface area (TPSA) is 57.2 Å². The van der Waals surface area contributed by atoms with Crippen molar-refractivity contribution in [1.29, 1.82) is 0 Å². The third kappa shape index (κ3) is 6.85. The molecule has 2 aromatic rings. The van der Waals surface area contributed by atoms with Gasteiger partial charge in [-0.3, -0.25) is 9.79 Å². The lowest BCUT2D eigenvalue weighted by Gasteiger charge is -2.23. The standard InChI is InChI=1S/C24H32N4O2.HI/c1-4-25-24(27(2)16-21-12-7-8-13-22(21)30-3)26-15-9-14-23(29)28-17-19-10-5-6-11-20(19)18-28;/h5-8,10-13H,4,9,14-18H2,1-3H3,(H,25,26);1H. The van der Waals surface area contributed by atoms with Crippen LogP contribution in [0, 0.1) is 0 Å². The lowest BCUT2D eigenvalue weighted by atomic mass is 10.1. The number of guanidine groups is 1. The van der Waals surface area contributed by atoms with Crippen molar-refractivity contribution in [2.24, 2.45) is 4.99 Å². The lowest BCUT2D eigenvalue weighted by Crippen LogP contribution is -2.38. The van der Waals surface area contributed by atoms with E-state index in [1.54, 1.807) is 7.11 Å². The Morgan fingerprint density at radius 1 is 1.13 bits per heavy atom. The maximum Gasteiger partial charge on any atom is 0.223 e. The van der Waals surface area contributed by atoms with Gasteiger partial charge in [-0.2, -0.15) is 0 Å². The van der Waals surface area contributed by atoms with Gasteiger partial charge in [0.05, 0.1) is 7.11 Å². The Balaban J connectivity index is 0.00000341. The summed E-state index contributed by atoms with van der Waals surface area (Å²) < 4.78 is 5.45. The van der Waals surface area contributed by atoms with E-state index in [2.05, 4.69) is 35.3 Å². The maximum absolute atomic E-state index is 12.6. The molecule has 0 fully saturated rings. The summed E-state index contributed by atoms with van der Waals surface area (Å²) in [7, 11) is 3.70. The number of methoxy groups -OCH3 is 1. The fraction of sp³-hybridized carbons (Fsp3) is 0.417. The Hall–Kier alpha value is -2.29. The van der Waals surface area contributed by atoms with Crippen molar-refractivity contribution in [1.82, 2.24) is 15.1 Å². The van der Waals surface area contributed by atoms with Gasteiger partial charge < -0.3 is 19.9 Å². The zero-order valence-electron chi connectivity index (χ0n) is 18.6. The SMILES string of the molecule is CCNC(=NCCCC(=O)N1Cc2ccccc2C1)N(C)Cc1ccccc1OC.I. The first kappa shape index (κ1) is 25.0. The van der Waals surface area contributed by atoms with Crippen molar-refractivity contribution in [3.05, 3.63) is 65.2 Å². The number of halogens is 1. The lowest BCUT2D eigenvalue weighted by molar-refractivity contribution is -0.131. The summed E-state index contributed by atoms with van der Waals surface area (Å²) in [6, 6.07) is 16.3. The molecule has 6 nitrogen and oxygen atoms in total. The minimum atomic E-state index is 0. The molecule has 0 saturated heterocycles. The Kier molecular flexibility index (Phi) is 10.1. The van der Waals surface area contributed by atoms with Crippen LogP contribution in [-0.2, 0) is 24.4 Å². The van der Waals surface area contributed by atoms with E-state index in [9.17, 15) is 4.79 Å². The van der Waals surface area contributed by atoms with E-state index in [0.717, 1.165) is 43.3 Å². The van der Waals surface area contributed by atoms with E-state index in [-0.39, 0.29) is 29.9 Å². The highest BCUT2D eigenvalue weighted by Crippen LogP contribution is 2.23. The number of aliphatic imine (C=N–C) groups is 1. The number of amides is 1. The fourth-order valence-corrected chi connectivity index (χ4v) is 3.72. The number of nitrogens with zero attached hydrogens (tertiary/aromatic N) is 3. The number of ether oxygens (including phenoxy) is 1. The molecule has 0 radical (unpaired) electrons. The molecule has 0 atom stereocenters. The van der Waals surface area contributed by atoms with Crippen molar-refractivity contribution in [2.45, 2.75) is 39.4 Å². The maximum atomic E-state index is 12.6.